The van der Waals surface area contributed by atoms with Crippen molar-refractivity contribution in [1.29, 1.82) is 0 Å². The Morgan fingerprint density at radius 3 is 2.13 bits per heavy atom. The summed E-state index contributed by atoms with van der Waals surface area (Å²) in [5.41, 5.74) is 3.72. The molecule has 0 saturated carbocycles. The zero-order chi connectivity index (χ0) is 27.8. The molecule has 6 nitrogen and oxygen atoms in total. The maximum absolute atomic E-state index is 13.7. The van der Waals surface area contributed by atoms with E-state index in [1.807, 2.05) is 72.8 Å². The van der Waals surface area contributed by atoms with E-state index in [1.54, 1.807) is 45.0 Å². The van der Waals surface area contributed by atoms with E-state index in [0.717, 1.165) is 22.3 Å². The fourth-order valence-corrected chi connectivity index (χ4v) is 4.06. The summed E-state index contributed by atoms with van der Waals surface area (Å²) in [5, 5.41) is 12.4. The van der Waals surface area contributed by atoms with Gasteiger partial charge in [0.15, 0.2) is 0 Å². The first kappa shape index (κ1) is 27.6. The third-order valence-corrected chi connectivity index (χ3v) is 5.92. The summed E-state index contributed by atoms with van der Waals surface area (Å²) in [5.74, 6) is -0.573. The largest absolute Gasteiger partial charge is 0.488 e. The number of carbonyl (C=O) groups excluding carboxylic acids is 2. The first-order valence-electron chi connectivity index (χ1n) is 12.9. The molecule has 0 aliphatic carbocycles. The smallest absolute Gasteiger partial charge is 0.340 e. The van der Waals surface area contributed by atoms with Gasteiger partial charge in [0, 0.05) is 6.61 Å². The molecular weight excluding hydrogens is 490 g/mol. The fourth-order valence-electron chi connectivity index (χ4n) is 4.06. The van der Waals surface area contributed by atoms with Crippen molar-refractivity contribution < 1.29 is 24.2 Å². The van der Waals surface area contributed by atoms with Gasteiger partial charge in [0.2, 0.25) is 0 Å². The minimum absolute atomic E-state index is 0.0484. The molecule has 200 valence electrons. The van der Waals surface area contributed by atoms with E-state index in [-0.39, 0.29) is 18.8 Å². The standard InChI is InChI=1S/C33H33NO5/c1-33(2,3)39-32(37)27-16-15-26(25-12-8-5-9-13-25)21-29(27)34-31(36)28-20-23(18-19-35)14-17-30(28)38-22-24-10-6-4-7-11-24/h4-17,20-21,35H,18-19,22H2,1-3H3,(H,34,36). The molecule has 0 radical (unpaired) electrons. The Morgan fingerprint density at radius 1 is 0.769 bits per heavy atom. The molecule has 0 unspecified atom stereocenters. The van der Waals surface area contributed by atoms with Crippen LogP contribution < -0.4 is 10.1 Å². The third-order valence-electron chi connectivity index (χ3n) is 5.92. The van der Waals surface area contributed by atoms with Crippen LogP contribution in [-0.4, -0.2) is 29.2 Å². The SMILES string of the molecule is CC(C)(C)OC(=O)c1ccc(-c2ccccc2)cc1NC(=O)c1cc(CCO)ccc1OCc1ccccc1. The van der Waals surface area contributed by atoms with Crippen molar-refractivity contribution in [3.63, 3.8) is 0 Å². The molecule has 0 atom stereocenters. The van der Waals surface area contributed by atoms with Gasteiger partial charge in [0.25, 0.3) is 5.91 Å². The predicted molar refractivity (Wildman–Crippen MR) is 153 cm³/mol. The van der Waals surface area contributed by atoms with E-state index >= 15 is 0 Å². The number of amides is 1. The second-order valence-corrected chi connectivity index (χ2v) is 10.2. The maximum Gasteiger partial charge on any atom is 0.340 e. The van der Waals surface area contributed by atoms with Gasteiger partial charge >= 0.3 is 5.97 Å². The molecule has 4 aromatic rings. The highest BCUT2D eigenvalue weighted by molar-refractivity contribution is 6.10. The quantitative estimate of drug-likeness (QED) is 0.239. The van der Waals surface area contributed by atoms with Crippen LogP contribution in [0, 0.1) is 0 Å². The Hall–Kier alpha value is -4.42. The number of nitrogens with one attached hydrogen (secondary N) is 1. The van der Waals surface area contributed by atoms with Crippen LogP contribution in [0.4, 0.5) is 5.69 Å². The number of aliphatic hydroxyl groups excluding tert-OH is 1. The topological polar surface area (TPSA) is 84.9 Å². The Bertz CT molecular complexity index is 1430. The first-order chi connectivity index (χ1) is 18.7. The van der Waals surface area contributed by atoms with Gasteiger partial charge in [0.1, 0.15) is 18.0 Å². The van der Waals surface area contributed by atoms with Crippen LogP contribution in [0.5, 0.6) is 5.75 Å². The number of carbonyl (C=O) groups is 2. The number of hydrogen-bond donors (Lipinski definition) is 2. The van der Waals surface area contributed by atoms with E-state index in [0.29, 0.717) is 23.4 Å². The molecule has 0 aromatic heterocycles. The summed E-state index contributed by atoms with van der Waals surface area (Å²) in [6.07, 6.45) is 0.395. The average molecular weight is 524 g/mol. The number of hydrogen-bond acceptors (Lipinski definition) is 5. The molecule has 0 saturated heterocycles. The maximum atomic E-state index is 13.7. The lowest BCUT2D eigenvalue weighted by atomic mass is 10.0. The number of esters is 1. The summed E-state index contributed by atoms with van der Waals surface area (Å²) < 4.78 is 11.7. The second-order valence-electron chi connectivity index (χ2n) is 10.2. The lowest BCUT2D eigenvalue weighted by Gasteiger charge is -2.21. The van der Waals surface area contributed by atoms with Gasteiger partial charge in [-0.2, -0.15) is 0 Å². The van der Waals surface area contributed by atoms with Gasteiger partial charge in [0.05, 0.1) is 16.8 Å². The minimum Gasteiger partial charge on any atom is -0.488 e. The zero-order valence-electron chi connectivity index (χ0n) is 22.4. The van der Waals surface area contributed by atoms with Crippen LogP contribution in [0.3, 0.4) is 0 Å². The van der Waals surface area contributed by atoms with E-state index in [4.69, 9.17) is 9.47 Å². The van der Waals surface area contributed by atoms with Crippen molar-refractivity contribution in [2.45, 2.75) is 39.4 Å². The Morgan fingerprint density at radius 2 is 1.46 bits per heavy atom. The lowest BCUT2D eigenvalue weighted by Crippen LogP contribution is -2.25. The molecule has 0 fully saturated rings. The van der Waals surface area contributed by atoms with Crippen LogP contribution in [-0.2, 0) is 17.8 Å². The Balaban J connectivity index is 1.70. The molecule has 39 heavy (non-hydrogen) atoms. The van der Waals surface area contributed by atoms with E-state index in [9.17, 15) is 14.7 Å². The minimum atomic E-state index is -0.701. The van der Waals surface area contributed by atoms with E-state index in [2.05, 4.69) is 5.32 Å². The van der Waals surface area contributed by atoms with Gasteiger partial charge in [-0.25, -0.2) is 4.79 Å². The highest BCUT2D eigenvalue weighted by atomic mass is 16.6. The third kappa shape index (κ3) is 7.55. The van der Waals surface area contributed by atoms with Crippen LogP contribution in [0.2, 0.25) is 0 Å². The van der Waals surface area contributed by atoms with Crippen LogP contribution in [0.25, 0.3) is 11.1 Å². The van der Waals surface area contributed by atoms with Gasteiger partial charge in [-0.1, -0.05) is 72.8 Å². The van der Waals surface area contributed by atoms with Crippen molar-refractivity contribution in [3.05, 3.63) is 119 Å². The molecule has 0 bridgehead atoms. The summed E-state index contributed by atoms with van der Waals surface area (Å²) in [7, 11) is 0. The number of aliphatic hydroxyl groups is 1. The molecule has 6 heteroatoms. The first-order valence-corrected chi connectivity index (χ1v) is 12.9. The van der Waals surface area contributed by atoms with Gasteiger partial charge in [-0.15, -0.1) is 0 Å². The van der Waals surface area contributed by atoms with Gasteiger partial charge in [-0.05, 0) is 73.7 Å². The molecule has 4 aromatic carbocycles. The Kier molecular flexibility index (Phi) is 8.79. The predicted octanol–water partition coefficient (Wildman–Crippen LogP) is 6.68. The average Bonchev–Trinajstić information content (AvgIpc) is 2.92. The van der Waals surface area contributed by atoms with Gasteiger partial charge in [-0.3, -0.25) is 4.79 Å². The zero-order valence-corrected chi connectivity index (χ0v) is 22.4. The van der Waals surface area contributed by atoms with Crippen LogP contribution in [0.15, 0.2) is 97.1 Å². The summed E-state index contributed by atoms with van der Waals surface area (Å²) in [6.45, 7) is 5.62. The molecule has 0 aliphatic rings. The molecule has 1 amide bonds. The number of rotatable bonds is 9. The summed E-state index contributed by atoms with van der Waals surface area (Å²) in [4.78, 5) is 26.8. The Labute approximate surface area is 229 Å². The van der Waals surface area contributed by atoms with Crippen molar-refractivity contribution in [2.24, 2.45) is 0 Å². The highest BCUT2D eigenvalue weighted by Gasteiger charge is 2.23. The molecule has 0 aliphatic heterocycles. The van der Waals surface area contributed by atoms with Crippen molar-refractivity contribution >= 4 is 17.6 Å². The van der Waals surface area contributed by atoms with Crippen molar-refractivity contribution in [1.82, 2.24) is 0 Å². The molecule has 0 heterocycles. The monoisotopic (exact) mass is 523 g/mol. The molecule has 2 N–H and O–H groups in total. The van der Waals surface area contributed by atoms with Crippen LogP contribution in [0.1, 0.15) is 52.6 Å². The normalized spacial score (nSPS) is 11.1. The van der Waals surface area contributed by atoms with E-state index in [1.165, 1.54) is 0 Å². The summed E-state index contributed by atoms with van der Waals surface area (Å²) >= 11 is 0. The van der Waals surface area contributed by atoms with Crippen LogP contribution >= 0.6 is 0 Å². The molecule has 4 rings (SSSR count). The molecule has 0 spiro atoms. The van der Waals surface area contributed by atoms with Crippen molar-refractivity contribution in [2.75, 3.05) is 11.9 Å². The van der Waals surface area contributed by atoms with Crippen molar-refractivity contribution in [3.8, 4) is 16.9 Å². The lowest BCUT2D eigenvalue weighted by molar-refractivity contribution is 0.00707. The number of anilines is 1. The number of benzene rings is 4. The number of ether oxygens (including phenoxy) is 2. The fraction of sp³-hybridized carbons (Fsp3) is 0.212. The second kappa shape index (κ2) is 12.4. The molecular formula is C33H33NO5. The highest BCUT2D eigenvalue weighted by Crippen LogP contribution is 2.29. The van der Waals surface area contributed by atoms with E-state index < -0.39 is 17.5 Å². The summed E-state index contributed by atoms with van der Waals surface area (Å²) in [6, 6.07) is 29.9. The van der Waals surface area contributed by atoms with Gasteiger partial charge < -0.3 is 19.9 Å².